The molecule has 8 heteroatoms. The highest BCUT2D eigenvalue weighted by Crippen LogP contribution is 2.25. The molecular weight excluding hydrogens is 288 g/mol. The Morgan fingerprint density at radius 3 is 2.50 bits per heavy atom. The number of aromatic nitrogens is 2. The lowest BCUT2D eigenvalue weighted by Gasteiger charge is -2.19. The minimum absolute atomic E-state index is 0.00848. The van der Waals surface area contributed by atoms with Crippen LogP contribution in [0.1, 0.15) is 50.8 Å². The maximum atomic E-state index is 12.1. The van der Waals surface area contributed by atoms with Crippen molar-refractivity contribution < 1.29 is 18.8 Å². The van der Waals surface area contributed by atoms with Crippen molar-refractivity contribution in [2.24, 2.45) is 5.92 Å². The molecule has 1 aliphatic heterocycles. The normalized spacial score (nSPS) is 19.7. The lowest BCUT2D eigenvalue weighted by molar-refractivity contribution is -0.139. The van der Waals surface area contributed by atoms with Gasteiger partial charge in [-0.2, -0.15) is 0 Å². The van der Waals surface area contributed by atoms with Gasteiger partial charge in [-0.1, -0.05) is 24.4 Å². The van der Waals surface area contributed by atoms with Crippen molar-refractivity contribution in [1.82, 2.24) is 15.1 Å². The minimum atomic E-state index is -0.240. The molecule has 0 spiro atoms. The van der Waals surface area contributed by atoms with Crippen molar-refractivity contribution in [3.63, 3.8) is 0 Å². The van der Waals surface area contributed by atoms with Gasteiger partial charge in [0.2, 0.25) is 23.6 Å². The molecule has 0 bridgehead atoms. The van der Waals surface area contributed by atoms with E-state index in [1.54, 1.807) is 0 Å². The summed E-state index contributed by atoms with van der Waals surface area (Å²) in [6, 6.07) is 0.0182. The van der Waals surface area contributed by atoms with E-state index < -0.39 is 0 Å². The molecule has 1 saturated carbocycles. The minimum Gasteiger partial charge on any atom is -0.406 e. The first-order valence-corrected chi connectivity index (χ1v) is 7.60. The Balaban J connectivity index is 1.58. The van der Waals surface area contributed by atoms with E-state index in [2.05, 4.69) is 15.5 Å². The highest BCUT2D eigenvalue weighted by molar-refractivity contribution is 6.01. The molecule has 3 amide bonds. The number of hydrogen-bond acceptors (Lipinski definition) is 6. The van der Waals surface area contributed by atoms with E-state index in [4.69, 9.17) is 4.42 Å². The van der Waals surface area contributed by atoms with Crippen LogP contribution in [0.25, 0.3) is 0 Å². The molecule has 1 saturated heterocycles. The smallest absolute Gasteiger partial charge is 0.322 e. The number of amides is 3. The Labute approximate surface area is 127 Å². The van der Waals surface area contributed by atoms with Gasteiger partial charge in [-0.25, -0.2) is 0 Å². The Hall–Kier alpha value is -2.25. The molecule has 2 heterocycles. The summed E-state index contributed by atoms with van der Waals surface area (Å²) in [7, 11) is 0. The molecule has 22 heavy (non-hydrogen) atoms. The lowest BCUT2D eigenvalue weighted by Crippen LogP contribution is -2.28. The third kappa shape index (κ3) is 3.15. The summed E-state index contributed by atoms with van der Waals surface area (Å²) in [5, 5.41) is 10.1. The van der Waals surface area contributed by atoms with Crippen LogP contribution < -0.4 is 5.32 Å². The van der Waals surface area contributed by atoms with Crippen LogP contribution in [0, 0.1) is 5.92 Å². The average Bonchev–Trinajstić information content (AvgIpc) is 3.10. The maximum Gasteiger partial charge on any atom is 0.322 e. The maximum absolute atomic E-state index is 12.1. The second-order valence-corrected chi connectivity index (χ2v) is 5.70. The van der Waals surface area contributed by atoms with Crippen LogP contribution >= 0.6 is 0 Å². The van der Waals surface area contributed by atoms with Crippen LogP contribution in [0.5, 0.6) is 0 Å². The van der Waals surface area contributed by atoms with Crippen molar-refractivity contribution in [1.29, 1.82) is 0 Å². The van der Waals surface area contributed by atoms with Crippen molar-refractivity contribution in [2.75, 3.05) is 5.32 Å². The third-order valence-corrected chi connectivity index (χ3v) is 4.12. The lowest BCUT2D eigenvalue weighted by atomic mass is 9.89. The van der Waals surface area contributed by atoms with Gasteiger partial charge in [0.15, 0.2) is 0 Å². The number of imide groups is 1. The largest absolute Gasteiger partial charge is 0.406 e. The number of nitrogens with zero attached hydrogens (tertiary/aromatic N) is 3. The summed E-state index contributed by atoms with van der Waals surface area (Å²) in [4.78, 5) is 36.2. The first kappa shape index (κ1) is 14.7. The Bertz CT molecular complexity index is 575. The monoisotopic (exact) mass is 306 g/mol. The molecule has 1 N–H and O–H groups in total. The molecule has 2 fully saturated rings. The standard InChI is InChI=1S/C14H18N4O4/c19-11-6-7-12(20)18(11)8-10-16-17-14(22-10)15-13(21)9-4-2-1-3-5-9/h9H,1-8H2,(H,15,17,21). The van der Waals surface area contributed by atoms with Gasteiger partial charge in [0.25, 0.3) is 0 Å². The van der Waals surface area contributed by atoms with E-state index >= 15 is 0 Å². The van der Waals surface area contributed by atoms with E-state index in [-0.39, 0.29) is 54.9 Å². The fraction of sp³-hybridized carbons (Fsp3) is 0.643. The predicted molar refractivity (Wildman–Crippen MR) is 74.3 cm³/mol. The van der Waals surface area contributed by atoms with E-state index in [1.165, 1.54) is 6.42 Å². The van der Waals surface area contributed by atoms with Crippen molar-refractivity contribution in [3.8, 4) is 0 Å². The van der Waals surface area contributed by atoms with Gasteiger partial charge in [0.1, 0.15) is 6.54 Å². The van der Waals surface area contributed by atoms with Crippen LogP contribution in [-0.4, -0.2) is 32.8 Å². The summed E-state index contributed by atoms with van der Waals surface area (Å²) in [6.45, 7) is -0.0377. The van der Waals surface area contributed by atoms with Crippen LogP contribution in [0.3, 0.4) is 0 Å². The SMILES string of the molecule is O=C(Nc1nnc(CN2C(=O)CCC2=O)o1)C1CCCCC1. The molecule has 1 aliphatic carbocycles. The molecule has 0 atom stereocenters. The Morgan fingerprint density at radius 2 is 1.82 bits per heavy atom. The van der Waals surface area contributed by atoms with E-state index in [9.17, 15) is 14.4 Å². The van der Waals surface area contributed by atoms with Gasteiger partial charge in [0, 0.05) is 18.8 Å². The van der Waals surface area contributed by atoms with Gasteiger partial charge in [-0.15, -0.1) is 5.10 Å². The number of anilines is 1. The van der Waals surface area contributed by atoms with E-state index in [1.807, 2.05) is 0 Å². The van der Waals surface area contributed by atoms with Crippen LogP contribution in [0.15, 0.2) is 4.42 Å². The molecular formula is C14H18N4O4. The summed E-state index contributed by atoms with van der Waals surface area (Å²) in [5.74, 6) is -0.455. The molecule has 1 aromatic rings. The molecule has 0 radical (unpaired) electrons. The number of likely N-dealkylation sites (tertiary alicyclic amines) is 1. The molecule has 0 aromatic carbocycles. The first-order valence-electron chi connectivity index (χ1n) is 7.60. The van der Waals surface area contributed by atoms with E-state index in [0.717, 1.165) is 30.6 Å². The van der Waals surface area contributed by atoms with Crippen LogP contribution in [-0.2, 0) is 20.9 Å². The third-order valence-electron chi connectivity index (χ3n) is 4.12. The van der Waals surface area contributed by atoms with Gasteiger partial charge in [-0.3, -0.25) is 24.6 Å². The fourth-order valence-corrected chi connectivity index (χ4v) is 2.87. The number of rotatable bonds is 4. The quantitative estimate of drug-likeness (QED) is 0.839. The summed E-state index contributed by atoms with van der Waals surface area (Å²) >= 11 is 0. The molecule has 1 aromatic heterocycles. The van der Waals surface area contributed by atoms with Crippen molar-refractivity contribution in [3.05, 3.63) is 5.89 Å². The first-order chi connectivity index (χ1) is 10.6. The Morgan fingerprint density at radius 1 is 1.14 bits per heavy atom. The fourth-order valence-electron chi connectivity index (χ4n) is 2.87. The van der Waals surface area contributed by atoms with Gasteiger partial charge >= 0.3 is 6.01 Å². The summed E-state index contributed by atoms with van der Waals surface area (Å²) in [5.41, 5.74) is 0. The number of hydrogen-bond donors (Lipinski definition) is 1. The Kier molecular flexibility index (Phi) is 4.17. The number of carbonyl (C=O) groups excluding carboxylic acids is 3. The summed E-state index contributed by atoms with van der Waals surface area (Å²) in [6.07, 6.45) is 5.49. The van der Waals surface area contributed by atoms with Gasteiger partial charge in [0.05, 0.1) is 0 Å². The van der Waals surface area contributed by atoms with Crippen molar-refractivity contribution in [2.45, 2.75) is 51.5 Å². The topological polar surface area (TPSA) is 105 Å². The van der Waals surface area contributed by atoms with Crippen molar-refractivity contribution >= 4 is 23.7 Å². The van der Waals surface area contributed by atoms with Crippen LogP contribution in [0.2, 0.25) is 0 Å². The highest BCUT2D eigenvalue weighted by Gasteiger charge is 2.30. The second-order valence-electron chi connectivity index (χ2n) is 5.70. The molecule has 3 rings (SSSR count). The molecule has 118 valence electrons. The predicted octanol–water partition coefficient (Wildman–Crippen LogP) is 1.24. The second kappa shape index (κ2) is 6.25. The number of carbonyl (C=O) groups is 3. The van der Waals surface area contributed by atoms with Gasteiger partial charge < -0.3 is 4.42 Å². The van der Waals surface area contributed by atoms with E-state index in [0.29, 0.717) is 0 Å². The zero-order valence-corrected chi connectivity index (χ0v) is 12.2. The molecule has 2 aliphatic rings. The molecule has 0 unspecified atom stereocenters. The average molecular weight is 306 g/mol. The van der Waals surface area contributed by atoms with Crippen LogP contribution in [0.4, 0.5) is 6.01 Å². The van der Waals surface area contributed by atoms with Gasteiger partial charge in [-0.05, 0) is 12.8 Å². The number of nitrogens with one attached hydrogen (secondary N) is 1. The summed E-state index contributed by atoms with van der Waals surface area (Å²) < 4.78 is 5.30. The zero-order chi connectivity index (χ0) is 15.5. The zero-order valence-electron chi connectivity index (χ0n) is 12.2. The highest BCUT2D eigenvalue weighted by atomic mass is 16.4. The molecule has 8 nitrogen and oxygen atoms in total.